The van der Waals surface area contributed by atoms with E-state index >= 15 is 0 Å². The van der Waals surface area contributed by atoms with E-state index in [4.69, 9.17) is 4.74 Å². The largest absolute Gasteiger partial charge is 0.446 e. The number of nitro benzene ring substituents is 1. The van der Waals surface area contributed by atoms with Gasteiger partial charge in [0.1, 0.15) is 12.6 Å². The monoisotopic (exact) mass is 354 g/mol. The molecule has 26 heavy (non-hydrogen) atoms. The number of hydrogen-bond acceptors (Lipinski definition) is 5. The van der Waals surface area contributed by atoms with E-state index in [1.807, 2.05) is 30.3 Å². The molecule has 2 aromatic carbocycles. The molecular weight excluding hydrogens is 336 g/mol. The number of carbonyl (C=O) groups is 2. The highest BCUT2D eigenvalue weighted by Gasteiger charge is 2.39. The van der Waals surface area contributed by atoms with Gasteiger partial charge in [-0.1, -0.05) is 49.4 Å². The maximum Gasteiger partial charge on any atom is 0.417 e. The highest BCUT2D eigenvalue weighted by Crippen LogP contribution is 2.31. The molecule has 1 heterocycles. The molecule has 3 rings (SSSR count). The molecule has 1 aliphatic rings. The summed E-state index contributed by atoms with van der Waals surface area (Å²) in [6.45, 7) is 1.93. The Labute approximate surface area is 150 Å². The quantitative estimate of drug-likeness (QED) is 0.601. The summed E-state index contributed by atoms with van der Waals surface area (Å²) in [7, 11) is 0. The minimum absolute atomic E-state index is 0.0236. The molecule has 0 spiro atoms. The van der Waals surface area contributed by atoms with Gasteiger partial charge in [-0.2, -0.15) is 0 Å². The summed E-state index contributed by atoms with van der Waals surface area (Å²) in [6.07, 6.45) is -0.602. The molecule has 0 radical (unpaired) electrons. The zero-order valence-corrected chi connectivity index (χ0v) is 14.2. The Balaban J connectivity index is 1.76. The first-order valence-electron chi connectivity index (χ1n) is 8.25. The van der Waals surface area contributed by atoms with E-state index in [1.165, 1.54) is 12.1 Å². The number of benzene rings is 2. The highest BCUT2D eigenvalue weighted by atomic mass is 16.6. The number of ether oxygens (including phenoxy) is 1. The molecule has 0 bridgehead atoms. The van der Waals surface area contributed by atoms with Crippen LogP contribution in [0.5, 0.6) is 0 Å². The Morgan fingerprint density at radius 3 is 2.69 bits per heavy atom. The standard InChI is InChI=1S/C19H18N2O5/c1-13(15-8-5-9-16(11-15)21(24)25)10-18(22)20-17(12-26-19(20)23)14-6-3-2-4-7-14/h2-9,11,13,17H,10,12H2,1H3/t13-,17+/m1/s1. The van der Waals surface area contributed by atoms with E-state index in [1.54, 1.807) is 19.1 Å². The Kier molecular flexibility index (Phi) is 4.97. The van der Waals surface area contributed by atoms with Gasteiger partial charge in [-0.15, -0.1) is 0 Å². The molecule has 1 fully saturated rings. The molecule has 1 aliphatic heterocycles. The van der Waals surface area contributed by atoms with E-state index < -0.39 is 17.1 Å². The molecule has 0 saturated carbocycles. The third-order valence-corrected chi connectivity index (χ3v) is 4.46. The zero-order chi connectivity index (χ0) is 18.7. The fraction of sp³-hybridized carbons (Fsp3) is 0.263. The Hall–Kier alpha value is -3.22. The van der Waals surface area contributed by atoms with Crippen molar-refractivity contribution in [3.63, 3.8) is 0 Å². The number of carbonyl (C=O) groups excluding carboxylic acids is 2. The lowest BCUT2D eigenvalue weighted by molar-refractivity contribution is -0.384. The van der Waals surface area contributed by atoms with Gasteiger partial charge in [0, 0.05) is 18.6 Å². The van der Waals surface area contributed by atoms with E-state index in [0.717, 1.165) is 10.5 Å². The fourth-order valence-electron chi connectivity index (χ4n) is 3.04. The fourth-order valence-corrected chi connectivity index (χ4v) is 3.04. The number of rotatable bonds is 5. The Morgan fingerprint density at radius 1 is 1.27 bits per heavy atom. The molecule has 0 N–H and O–H groups in total. The molecule has 2 aromatic rings. The summed E-state index contributed by atoms with van der Waals surface area (Å²) in [5.74, 6) is -0.632. The van der Waals surface area contributed by atoms with Crippen molar-refractivity contribution in [2.75, 3.05) is 6.61 Å². The summed E-state index contributed by atoms with van der Waals surface area (Å²) in [4.78, 5) is 36.4. The Morgan fingerprint density at radius 2 is 2.00 bits per heavy atom. The SMILES string of the molecule is C[C@H](CC(=O)N1C(=O)OC[C@H]1c1ccccc1)c1cccc([N+](=O)[O-])c1. The van der Waals surface area contributed by atoms with Crippen molar-refractivity contribution in [1.29, 1.82) is 0 Å². The van der Waals surface area contributed by atoms with Crippen molar-refractivity contribution >= 4 is 17.7 Å². The number of nitro groups is 1. The van der Waals surface area contributed by atoms with Gasteiger partial charge in [0.15, 0.2) is 0 Å². The van der Waals surface area contributed by atoms with Crippen LogP contribution in [0.3, 0.4) is 0 Å². The van der Waals surface area contributed by atoms with Gasteiger partial charge in [0.25, 0.3) is 5.69 Å². The van der Waals surface area contributed by atoms with Crippen LogP contribution in [0, 0.1) is 10.1 Å². The van der Waals surface area contributed by atoms with E-state index in [0.29, 0.717) is 5.56 Å². The second-order valence-corrected chi connectivity index (χ2v) is 6.22. The van der Waals surface area contributed by atoms with Gasteiger partial charge >= 0.3 is 6.09 Å². The van der Waals surface area contributed by atoms with Crippen molar-refractivity contribution in [2.24, 2.45) is 0 Å². The van der Waals surface area contributed by atoms with Crippen molar-refractivity contribution in [2.45, 2.75) is 25.3 Å². The normalized spacial score (nSPS) is 17.7. The van der Waals surface area contributed by atoms with Gasteiger partial charge in [-0.05, 0) is 17.0 Å². The molecule has 7 heteroatoms. The maximum atomic E-state index is 12.7. The van der Waals surface area contributed by atoms with Crippen molar-refractivity contribution in [1.82, 2.24) is 4.90 Å². The zero-order valence-electron chi connectivity index (χ0n) is 14.2. The van der Waals surface area contributed by atoms with Crippen LogP contribution < -0.4 is 0 Å². The average Bonchev–Trinajstić information content (AvgIpc) is 3.04. The molecule has 7 nitrogen and oxygen atoms in total. The molecule has 1 saturated heterocycles. The van der Waals surface area contributed by atoms with Crippen LogP contribution >= 0.6 is 0 Å². The number of hydrogen-bond donors (Lipinski definition) is 0. The third kappa shape index (κ3) is 3.56. The molecule has 134 valence electrons. The minimum Gasteiger partial charge on any atom is -0.446 e. The molecule has 0 aliphatic carbocycles. The lowest BCUT2D eigenvalue weighted by Crippen LogP contribution is -2.34. The lowest BCUT2D eigenvalue weighted by atomic mass is 9.96. The van der Waals surface area contributed by atoms with E-state index in [2.05, 4.69) is 0 Å². The smallest absolute Gasteiger partial charge is 0.417 e. The Bertz CT molecular complexity index is 837. The molecular formula is C19H18N2O5. The molecule has 2 atom stereocenters. The van der Waals surface area contributed by atoms with Crippen LogP contribution in [0.1, 0.15) is 36.4 Å². The van der Waals surface area contributed by atoms with Crippen LogP contribution in [0.15, 0.2) is 54.6 Å². The van der Waals surface area contributed by atoms with Gasteiger partial charge in [0.05, 0.1) is 4.92 Å². The number of non-ortho nitro benzene ring substituents is 1. The maximum absolute atomic E-state index is 12.7. The van der Waals surface area contributed by atoms with Crippen LogP contribution in [-0.4, -0.2) is 28.4 Å². The van der Waals surface area contributed by atoms with Crippen LogP contribution in [0.4, 0.5) is 10.5 Å². The first-order valence-corrected chi connectivity index (χ1v) is 8.25. The summed E-state index contributed by atoms with van der Waals surface area (Å²) in [5.41, 5.74) is 1.48. The van der Waals surface area contributed by atoms with E-state index in [9.17, 15) is 19.7 Å². The first kappa shape index (κ1) is 17.6. The molecule has 0 aromatic heterocycles. The van der Waals surface area contributed by atoms with E-state index in [-0.39, 0.29) is 30.5 Å². The second kappa shape index (κ2) is 7.35. The first-order chi connectivity index (χ1) is 12.5. The highest BCUT2D eigenvalue weighted by molar-refractivity contribution is 5.94. The van der Waals surface area contributed by atoms with Crippen LogP contribution in [-0.2, 0) is 9.53 Å². The van der Waals surface area contributed by atoms with Crippen LogP contribution in [0.25, 0.3) is 0 Å². The summed E-state index contributed by atoms with van der Waals surface area (Å²) >= 11 is 0. The molecule has 2 amide bonds. The number of imide groups is 1. The predicted octanol–water partition coefficient (Wildman–Crippen LogP) is 3.81. The lowest BCUT2D eigenvalue weighted by Gasteiger charge is -2.21. The predicted molar refractivity (Wildman–Crippen MR) is 93.5 cm³/mol. The third-order valence-electron chi connectivity index (χ3n) is 4.46. The summed E-state index contributed by atoms with van der Waals surface area (Å²) < 4.78 is 5.07. The van der Waals surface area contributed by atoms with Crippen molar-refractivity contribution in [3.05, 3.63) is 75.8 Å². The van der Waals surface area contributed by atoms with Gasteiger partial charge < -0.3 is 4.74 Å². The van der Waals surface area contributed by atoms with Gasteiger partial charge in [0.2, 0.25) is 5.91 Å². The average molecular weight is 354 g/mol. The van der Waals surface area contributed by atoms with Crippen molar-refractivity contribution in [3.8, 4) is 0 Å². The van der Waals surface area contributed by atoms with Gasteiger partial charge in [-0.3, -0.25) is 14.9 Å². The minimum atomic E-state index is -0.657. The van der Waals surface area contributed by atoms with Crippen LogP contribution in [0.2, 0.25) is 0 Å². The summed E-state index contributed by atoms with van der Waals surface area (Å²) in [6, 6.07) is 15.0. The molecule has 0 unspecified atom stereocenters. The van der Waals surface area contributed by atoms with Crippen molar-refractivity contribution < 1.29 is 19.2 Å². The number of amides is 2. The number of cyclic esters (lactones) is 1. The second-order valence-electron chi connectivity index (χ2n) is 6.22. The topological polar surface area (TPSA) is 89.8 Å². The van der Waals surface area contributed by atoms with Gasteiger partial charge in [-0.25, -0.2) is 9.69 Å². The summed E-state index contributed by atoms with van der Waals surface area (Å²) in [5, 5.41) is 10.9. The number of nitrogens with zero attached hydrogens (tertiary/aromatic N) is 2.